The van der Waals surface area contributed by atoms with E-state index in [1.54, 1.807) is 12.1 Å². The molecule has 2 N–H and O–H groups in total. The molecular formula is C21H20N4O2S. The van der Waals surface area contributed by atoms with Gasteiger partial charge in [0.15, 0.2) is 5.65 Å². The summed E-state index contributed by atoms with van der Waals surface area (Å²) in [6.45, 7) is 6.04. The Labute approximate surface area is 163 Å². The number of aromatic nitrogens is 3. The predicted molar refractivity (Wildman–Crippen MR) is 109 cm³/mol. The van der Waals surface area contributed by atoms with Crippen LogP contribution in [0, 0.1) is 20.8 Å². The summed E-state index contributed by atoms with van der Waals surface area (Å²) in [5.74, 6) is 0. The van der Waals surface area contributed by atoms with Crippen LogP contribution in [0.15, 0.2) is 59.6 Å². The smallest absolute Gasteiger partial charge is 0.236 e. The summed E-state index contributed by atoms with van der Waals surface area (Å²) in [7, 11) is -3.74. The standard InChI is InChI=1S/C21H20N4O2S/c1-13-4-6-16(7-5-13)19-20(17-8-10-18(11-9-17)28(22,26)27)24-25-15(3)14(2)12-23-21(19)25/h4-12H,1-3H3,(H2,22,26,27). The molecule has 2 aromatic carbocycles. The third-order valence-corrected chi connectivity index (χ3v) is 5.86. The molecule has 0 bridgehead atoms. The van der Waals surface area contributed by atoms with Gasteiger partial charge in [-0.15, -0.1) is 0 Å². The maximum atomic E-state index is 11.6. The predicted octanol–water partition coefficient (Wildman–Crippen LogP) is 3.64. The van der Waals surface area contributed by atoms with E-state index in [0.29, 0.717) is 0 Å². The van der Waals surface area contributed by atoms with E-state index in [4.69, 9.17) is 10.2 Å². The second-order valence-electron chi connectivity index (χ2n) is 6.92. The minimum atomic E-state index is -3.74. The first-order valence-electron chi connectivity index (χ1n) is 8.81. The van der Waals surface area contributed by atoms with Crippen LogP contribution < -0.4 is 5.14 Å². The van der Waals surface area contributed by atoms with Crippen LogP contribution >= 0.6 is 0 Å². The lowest BCUT2D eigenvalue weighted by atomic mass is 10.0. The zero-order valence-corrected chi connectivity index (χ0v) is 16.7. The lowest BCUT2D eigenvalue weighted by Gasteiger charge is -2.05. The highest BCUT2D eigenvalue weighted by Crippen LogP contribution is 2.35. The fourth-order valence-corrected chi connectivity index (χ4v) is 3.69. The van der Waals surface area contributed by atoms with Crippen molar-refractivity contribution in [1.29, 1.82) is 0 Å². The van der Waals surface area contributed by atoms with Crippen LogP contribution in [0.4, 0.5) is 0 Å². The average Bonchev–Trinajstić information content (AvgIpc) is 3.05. The molecule has 0 spiro atoms. The van der Waals surface area contributed by atoms with Gasteiger partial charge in [0.2, 0.25) is 10.0 Å². The molecule has 142 valence electrons. The Balaban J connectivity index is 2.01. The molecule has 0 saturated heterocycles. The van der Waals surface area contributed by atoms with Gasteiger partial charge in [-0.25, -0.2) is 23.1 Å². The lowest BCUT2D eigenvalue weighted by Crippen LogP contribution is -2.11. The molecule has 0 radical (unpaired) electrons. The average molecular weight is 392 g/mol. The van der Waals surface area contributed by atoms with E-state index in [2.05, 4.69) is 4.98 Å². The Kier molecular flexibility index (Phi) is 4.28. The Bertz CT molecular complexity index is 1290. The van der Waals surface area contributed by atoms with Gasteiger partial charge >= 0.3 is 0 Å². The van der Waals surface area contributed by atoms with E-state index in [9.17, 15) is 8.42 Å². The highest BCUT2D eigenvalue weighted by atomic mass is 32.2. The third kappa shape index (κ3) is 3.08. The monoisotopic (exact) mass is 392 g/mol. The van der Waals surface area contributed by atoms with Gasteiger partial charge in [0.05, 0.1) is 10.5 Å². The fraction of sp³-hybridized carbons (Fsp3) is 0.143. The first-order valence-corrected chi connectivity index (χ1v) is 10.4. The summed E-state index contributed by atoms with van der Waals surface area (Å²) in [6, 6.07) is 14.6. The number of hydrogen-bond donors (Lipinski definition) is 1. The zero-order chi connectivity index (χ0) is 20.1. The number of hydrogen-bond acceptors (Lipinski definition) is 4. The normalized spacial score (nSPS) is 11.9. The minimum Gasteiger partial charge on any atom is -0.236 e. The third-order valence-electron chi connectivity index (χ3n) is 4.93. The van der Waals surface area contributed by atoms with Crippen LogP contribution in [-0.2, 0) is 10.0 Å². The number of nitrogens with zero attached hydrogens (tertiary/aromatic N) is 3. The summed E-state index contributed by atoms with van der Waals surface area (Å²) < 4.78 is 25.0. The molecule has 4 rings (SSSR count). The lowest BCUT2D eigenvalue weighted by molar-refractivity contribution is 0.598. The first kappa shape index (κ1) is 18.3. The number of benzene rings is 2. The summed E-state index contributed by atoms with van der Waals surface area (Å²) >= 11 is 0. The van der Waals surface area contributed by atoms with Crippen molar-refractivity contribution in [1.82, 2.24) is 14.6 Å². The molecule has 0 saturated carbocycles. The van der Waals surface area contributed by atoms with Crippen molar-refractivity contribution < 1.29 is 8.42 Å². The van der Waals surface area contributed by atoms with Gasteiger partial charge in [-0.2, -0.15) is 5.10 Å². The molecule has 0 unspecified atom stereocenters. The van der Waals surface area contributed by atoms with Crippen LogP contribution in [0.3, 0.4) is 0 Å². The first-order chi connectivity index (χ1) is 13.3. The Morgan fingerprint density at radius 1 is 0.893 bits per heavy atom. The molecule has 0 amide bonds. The summed E-state index contributed by atoms with van der Waals surface area (Å²) in [6.07, 6.45) is 1.85. The largest absolute Gasteiger partial charge is 0.238 e. The van der Waals surface area contributed by atoms with Crippen LogP contribution in [-0.4, -0.2) is 23.0 Å². The molecule has 6 nitrogen and oxygen atoms in total. The highest BCUT2D eigenvalue weighted by Gasteiger charge is 2.19. The topological polar surface area (TPSA) is 90.4 Å². The number of primary sulfonamides is 1. The van der Waals surface area contributed by atoms with Crippen LogP contribution in [0.1, 0.15) is 16.8 Å². The maximum absolute atomic E-state index is 11.6. The molecule has 2 aromatic heterocycles. The number of nitrogens with two attached hydrogens (primary N) is 1. The van der Waals surface area contributed by atoms with Crippen molar-refractivity contribution in [3.05, 3.63) is 71.5 Å². The summed E-state index contributed by atoms with van der Waals surface area (Å²) in [4.78, 5) is 4.70. The molecule has 0 aliphatic carbocycles. The second kappa shape index (κ2) is 6.54. The maximum Gasteiger partial charge on any atom is 0.238 e. The molecule has 0 aliphatic rings. The minimum absolute atomic E-state index is 0.0713. The molecule has 28 heavy (non-hydrogen) atoms. The number of sulfonamides is 1. The van der Waals surface area contributed by atoms with Gasteiger partial charge in [-0.3, -0.25) is 0 Å². The van der Waals surface area contributed by atoms with Crippen molar-refractivity contribution >= 4 is 15.7 Å². The molecule has 2 heterocycles. The van der Waals surface area contributed by atoms with Gasteiger partial charge in [0.1, 0.15) is 5.69 Å². The van der Waals surface area contributed by atoms with Crippen molar-refractivity contribution in [2.24, 2.45) is 5.14 Å². The van der Waals surface area contributed by atoms with Gasteiger partial charge < -0.3 is 0 Å². The Morgan fingerprint density at radius 2 is 1.50 bits per heavy atom. The van der Waals surface area contributed by atoms with E-state index < -0.39 is 10.0 Å². The SMILES string of the molecule is Cc1ccc(-c2c(-c3ccc(S(N)(=O)=O)cc3)nn3c(C)c(C)cnc23)cc1. The zero-order valence-electron chi connectivity index (χ0n) is 15.8. The van der Waals surface area contributed by atoms with Gasteiger partial charge in [-0.05, 0) is 44.0 Å². The summed E-state index contributed by atoms with van der Waals surface area (Å²) in [5, 5.41) is 10.0. The van der Waals surface area contributed by atoms with E-state index >= 15 is 0 Å². The van der Waals surface area contributed by atoms with Gasteiger partial charge in [-0.1, -0.05) is 42.0 Å². The van der Waals surface area contributed by atoms with Crippen LogP contribution in [0.5, 0.6) is 0 Å². The second-order valence-corrected chi connectivity index (χ2v) is 8.48. The van der Waals surface area contributed by atoms with Crippen molar-refractivity contribution in [3.63, 3.8) is 0 Å². The number of aryl methyl sites for hydroxylation is 3. The fourth-order valence-electron chi connectivity index (χ4n) is 3.17. The van der Waals surface area contributed by atoms with Crippen LogP contribution in [0.2, 0.25) is 0 Å². The molecule has 0 atom stereocenters. The van der Waals surface area contributed by atoms with E-state index in [1.165, 1.54) is 17.7 Å². The Morgan fingerprint density at radius 3 is 2.11 bits per heavy atom. The van der Waals surface area contributed by atoms with E-state index in [1.807, 2.05) is 55.7 Å². The van der Waals surface area contributed by atoms with Crippen molar-refractivity contribution in [2.45, 2.75) is 25.7 Å². The van der Waals surface area contributed by atoms with E-state index in [-0.39, 0.29) is 4.90 Å². The molecule has 7 heteroatoms. The quantitative estimate of drug-likeness (QED) is 0.576. The number of fused-ring (bicyclic) bond motifs is 1. The Hall–Kier alpha value is -3.03. The molecule has 4 aromatic rings. The van der Waals surface area contributed by atoms with E-state index in [0.717, 1.165) is 39.3 Å². The van der Waals surface area contributed by atoms with Gasteiger partial charge in [0, 0.05) is 17.5 Å². The van der Waals surface area contributed by atoms with Crippen molar-refractivity contribution in [3.8, 4) is 22.4 Å². The molecular weight excluding hydrogens is 372 g/mol. The summed E-state index contributed by atoms with van der Waals surface area (Å²) in [5.41, 5.74) is 7.42. The van der Waals surface area contributed by atoms with Crippen LogP contribution in [0.25, 0.3) is 28.0 Å². The molecule has 0 fully saturated rings. The van der Waals surface area contributed by atoms with Gasteiger partial charge in [0.25, 0.3) is 0 Å². The highest BCUT2D eigenvalue weighted by molar-refractivity contribution is 7.89. The molecule has 0 aliphatic heterocycles. The van der Waals surface area contributed by atoms with Crippen molar-refractivity contribution in [2.75, 3.05) is 0 Å². The number of rotatable bonds is 3.